The molecule has 0 aromatic heterocycles. The van der Waals surface area contributed by atoms with E-state index in [9.17, 15) is 9.59 Å². The van der Waals surface area contributed by atoms with Crippen molar-refractivity contribution in [2.24, 2.45) is 0 Å². The van der Waals surface area contributed by atoms with E-state index >= 15 is 0 Å². The van der Waals surface area contributed by atoms with Crippen LogP contribution >= 0.6 is 11.6 Å². The topological polar surface area (TPSA) is 40.6 Å². The monoisotopic (exact) mass is 380 g/mol. The maximum atomic E-state index is 12.9. The van der Waals surface area contributed by atoms with Gasteiger partial charge >= 0.3 is 0 Å². The predicted octanol–water partition coefficient (Wildman–Crippen LogP) is 3.67. The highest BCUT2D eigenvalue weighted by Gasteiger charge is 2.42. The standard InChI is InChI=1S/C22H21ClN2O2/c23-20-19(17-9-5-2-6-10-17)21(26)25(22(20)27)18-11-13-24(14-12-18)15-16-7-3-1-4-8-16/h1-10,18H,11-15H2. The number of likely N-dealkylation sites (tertiary alicyclic amines) is 1. The van der Waals surface area contributed by atoms with E-state index in [1.165, 1.54) is 10.5 Å². The van der Waals surface area contributed by atoms with Gasteiger partial charge < -0.3 is 0 Å². The van der Waals surface area contributed by atoms with Crippen molar-refractivity contribution in [1.29, 1.82) is 0 Å². The molecule has 2 aliphatic heterocycles. The van der Waals surface area contributed by atoms with Crippen LogP contribution < -0.4 is 0 Å². The van der Waals surface area contributed by atoms with E-state index in [1.54, 1.807) is 0 Å². The van der Waals surface area contributed by atoms with Crippen molar-refractivity contribution in [3.8, 4) is 0 Å². The fraction of sp³-hybridized carbons (Fsp3) is 0.273. The van der Waals surface area contributed by atoms with E-state index < -0.39 is 0 Å². The molecule has 0 bridgehead atoms. The van der Waals surface area contributed by atoms with Crippen molar-refractivity contribution < 1.29 is 9.59 Å². The first-order valence-electron chi connectivity index (χ1n) is 9.24. The van der Waals surface area contributed by atoms with Gasteiger partial charge in [0, 0.05) is 25.7 Å². The molecule has 2 aromatic rings. The lowest BCUT2D eigenvalue weighted by Gasteiger charge is -2.35. The van der Waals surface area contributed by atoms with Gasteiger partial charge in [0.25, 0.3) is 11.8 Å². The van der Waals surface area contributed by atoms with Crippen LogP contribution in [0.4, 0.5) is 0 Å². The summed E-state index contributed by atoms with van der Waals surface area (Å²) < 4.78 is 0. The number of carbonyl (C=O) groups excluding carboxylic acids is 2. The molecule has 0 spiro atoms. The molecule has 2 aliphatic rings. The summed E-state index contributed by atoms with van der Waals surface area (Å²) in [6.07, 6.45) is 1.55. The first-order valence-corrected chi connectivity index (χ1v) is 9.62. The Labute approximate surface area is 164 Å². The molecular formula is C22H21ClN2O2. The zero-order valence-corrected chi connectivity index (χ0v) is 15.7. The lowest BCUT2D eigenvalue weighted by Crippen LogP contribution is -2.47. The fourth-order valence-electron chi connectivity index (χ4n) is 3.88. The van der Waals surface area contributed by atoms with Crippen molar-refractivity contribution in [3.63, 3.8) is 0 Å². The number of benzene rings is 2. The summed E-state index contributed by atoms with van der Waals surface area (Å²) in [6.45, 7) is 2.60. The summed E-state index contributed by atoms with van der Waals surface area (Å²) in [5.74, 6) is -0.625. The molecule has 2 aromatic carbocycles. The minimum Gasteiger partial charge on any atom is -0.299 e. The number of amides is 2. The highest BCUT2D eigenvalue weighted by Crippen LogP contribution is 2.34. The Bertz CT molecular complexity index is 872. The van der Waals surface area contributed by atoms with Crippen LogP contribution in [0.2, 0.25) is 0 Å². The Hall–Kier alpha value is -2.43. The minimum absolute atomic E-state index is 0.0397. The third-order valence-corrected chi connectivity index (χ3v) is 5.64. The zero-order valence-electron chi connectivity index (χ0n) is 15.0. The Morgan fingerprint density at radius 1 is 0.852 bits per heavy atom. The van der Waals surface area contributed by atoms with Gasteiger partial charge in [0.2, 0.25) is 0 Å². The molecule has 138 valence electrons. The summed E-state index contributed by atoms with van der Waals surface area (Å²) in [6, 6.07) is 19.4. The van der Waals surface area contributed by atoms with Gasteiger partial charge in [-0.1, -0.05) is 72.3 Å². The quantitative estimate of drug-likeness (QED) is 0.760. The summed E-state index contributed by atoms with van der Waals surface area (Å²) in [4.78, 5) is 29.4. The highest BCUT2D eigenvalue weighted by atomic mass is 35.5. The van der Waals surface area contributed by atoms with E-state index in [2.05, 4.69) is 17.0 Å². The molecule has 5 heteroatoms. The van der Waals surface area contributed by atoms with Crippen LogP contribution in [-0.4, -0.2) is 40.7 Å². The molecule has 2 heterocycles. The smallest absolute Gasteiger partial charge is 0.273 e. The maximum Gasteiger partial charge on any atom is 0.273 e. The Morgan fingerprint density at radius 3 is 2.07 bits per heavy atom. The minimum atomic E-state index is -0.359. The van der Waals surface area contributed by atoms with Crippen LogP contribution in [0.5, 0.6) is 0 Å². The molecular weight excluding hydrogens is 360 g/mol. The summed E-state index contributed by atoms with van der Waals surface area (Å²) >= 11 is 6.27. The summed E-state index contributed by atoms with van der Waals surface area (Å²) in [7, 11) is 0. The Morgan fingerprint density at radius 2 is 1.44 bits per heavy atom. The molecule has 0 aliphatic carbocycles. The number of carbonyl (C=O) groups is 2. The number of piperidine rings is 1. The number of rotatable bonds is 4. The first-order chi connectivity index (χ1) is 13.1. The van der Waals surface area contributed by atoms with Crippen molar-refractivity contribution >= 4 is 29.0 Å². The molecule has 0 radical (unpaired) electrons. The lowest BCUT2D eigenvalue weighted by atomic mass is 10.0. The second kappa shape index (κ2) is 7.67. The Kier molecular flexibility index (Phi) is 5.10. The van der Waals surface area contributed by atoms with E-state index in [-0.39, 0.29) is 22.9 Å². The van der Waals surface area contributed by atoms with Crippen LogP contribution in [0.3, 0.4) is 0 Å². The average molecular weight is 381 g/mol. The maximum absolute atomic E-state index is 12.9. The van der Waals surface area contributed by atoms with Gasteiger partial charge in [-0.2, -0.15) is 0 Å². The third-order valence-electron chi connectivity index (χ3n) is 5.29. The number of halogens is 1. The van der Waals surface area contributed by atoms with Crippen LogP contribution in [0.1, 0.15) is 24.0 Å². The van der Waals surface area contributed by atoms with Crippen molar-refractivity contribution in [2.75, 3.05) is 13.1 Å². The second-order valence-corrected chi connectivity index (χ2v) is 7.41. The van der Waals surface area contributed by atoms with Crippen LogP contribution in [0.15, 0.2) is 65.7 Å². The molecule has 1 fully saturated rings. The van der Waals surface area contributed by atoms with Gasteiger partial charge in [-0.25, -0.2) is 0 Å². The second-order valence-electron chi connectivity index (χ2n) is 7.03. The van der Waals surface area contributed by atoms with E-state index in [0.717, 1.165) is 32.5 Å². The van der Waals surface area contributed by atoms with Crippen molar-refractivity contribution in [1.82, 2.24) is 9.80 Å². The average Bonchev–Trinajstić information content (AvgIpc) is 2.93. The predicted molar refractivity (Wildman–Crippen MR) is 106 cm³/mol. The lowest BCUT2D eigenvalue weighted by molar-refractivity contribution is -0.140. The molecule has 0 atom stereocenters. The van der Waals surface area contributed by atoms with Gasteiger partial charge in [0.05, 0.1) is 5.57 Å². The number of nitrogens with zero attached hydrogens (tertiary/aromatic N) is 2. The highest BCUT2D eigenvalue weighted by molar-refractivity contribution is 6.55. The van der Waals surface area contributed by atoms with Gasteiger partial charge in [-0.05, 0) is 24.0 Å². The molecule has 27 heavy (non-hydrogen) atoms. The molecule has 4 nitrogen and oxygen atoms in total. The molecule has 0 N–H and O–H groups in total. The number of hydrogen-bond acceptors (Lipinski definition) is 3. The SMILES string of the molecule is O=C1C(Cl)=C(c2ccccc2)C(=O)N1C1CCN(Cc2ccccc2)CC1. The van der Waals surface area contributed by atoms with Gasteiger partial charge in [0.15, 0.2) is 0 Å². The molecule has 0 saturated carbocycles. The van der Waals surface area contributed by atoms with Crippen LogP contribution in [0.25, 0.3) is 5.57 Å². The van der Waals surface area contributed by atoms with Crippen LogP contribution in [-0.2, 0) is 16.1 Å². The molecule has 0 unspecified atom stereocenters. The van der Waals surface area contributed by atoms with E-state index in [0.29, 0.717) is 11.1 Å². The molecule has 1 saturated heterocycles. The van der Waals surface area contributed by atoms with Crippen LogP contribution in [0, 0.1) is 0 Å². The van der Waals surface area contributed by atoms with Crippen molar-refractivity contribution in [3.05, 3.63) is 76.8 Å². The van der Waals surface area contributed by atoms with E-state index in [1.807, 2.05) is 48.5 Å². The van der Waals surface area contributed by atoms with Gasteiger partial charge in [-0.15, -0.1) is 0 Å². The van der Waals surface area contributed by atoms with Crippen molar-refractivity contribution in [2.45, 2.75) is 25.4 Å². The first kappa shape index (κ1) is 18.0. The number of hydrogen-bond donors (Lipinski definition) is 0. The Balaban J connectivity index is 1.43. The van der Waals surface area contributed by atoms with Gasteiger partial charge in [-0.3, -0.25) is 19.4 Å². The third kappa shape index (κ3) is 3.55. The molecule has 2 amide bonds. The summed E-state index contributed by atoms with van der Waals surface area (Å²) in [5.41, 5.74) is 2.30. The molecule has 4 rings (SSSR count). The fourth-order valence-corrected chi connectivity index (χ4v) is 4.16. The van der Waals surface area contributed by atoms with Gasteiger partial charge in [0.1, 0.15) is 5.03 Å². The number of imide groups is 1. The largest absolute Gasteiger partial charge is 0.299 e. The zero-order chi connectivity index (χ0) is 18.8. The normalized spacial score (nSPS) is 19.2. The van der Waals surface area contributed by atoms with E-state index in [4.69, 9.17) is 11.6 Å². The summed E-state index contributed by atoms with van der Waals surface area (Å²) in [5, 5.41) is 0.0397.